The van der Waals surface area contributed by atoms with Gasteiger partial charge in [-0.1, -0.05) is 6.07 Å². The number of carbonyl (C=O) groups excluding carboxylic acids is 1. The number of benzene rings is 1. The Bertz CT molecular complexity index is 395. The van der Waals surface area contributed by atoms with Gasteiger partial charge in [-0.15, -0.1) is 0 Å². The molecule has 1 rings (SSSR count). The van der Waals surface area contributed by atoms with Crippen molar-refractivity contribution >= 4 is 21.8 Å². The second kappa shape index (κ2) is 6.61. The number of nitrogens with zero attached hydrogens (tertiary/aromatic N) is 1. The zero-order valence-electron chi connectivity index (χ0n) is 9.94. The van der Waals surface area contributed by atoms with Crippen LogP contribution in [0.25, 0.3) is 0 Å². The summed E-state index contributed by atoms with van der Waals surface area (Å²) in [6, 6.07) is 5.26. The standard InChI is InChI=1S/C12H16BrNO3/c1-3-14(2)12(16)8-17-11-5-4-9(7-15)6-10(11)13/h4-6,15H,3,7-8H2,1-2H3. The van der Waals surface area contributed by atoms with Gasteiger partial charge in [0.05, 0.1) is 11.1 Å². The molecule has 0 heterocycles. The average molecular weight is 302 g/mol. The van der Waals surface area contributed by atoms with E-state index < -0.39 is 0 Å². The van der Waals surface area contributed by atoms with Gasteiger partial charge in [0, 0.05) is 13.6 Å². The topological polar surface area (TPSA) is 49.8 Å². The van der Waals surface area contributed by atoms with Crippen molar-refractivity contribution in [1.82, 2.24) is 4.90 Å². The third-order valence-electron chi connectivity index (χ3n) is 2.43. The Hall–Kier alpha value is -1.07. The first-order valence-electron chi connectivity index (χ1n) is 5.34. The van der Waals surface area contributed by atoms with Crippen LogP contribution in [-0.2, 0) is 11.4 Å². The lowest BCUT2D eigenvalue weighted by Gasteiger charge is -2.15. The van der Waals surface area contributed by atoms with Crippen LogP contribution in [0.15, 0.2) is 22.7 Å². The highest BCUT2D eigenvalue weighted by atomic mass is 79.9. The number of ether oxygens (including phenoxy) is 1. The van der Waals surface area contributed by atoms with Gasteiger partial charge in [-0.3, -0.25) is 4.79 Å². The van der Waals surface area contributed by atoms with Gasteiger partial charge >= 0.3 is 0 Å². The Morgan fingerprint density at radius 1 is 1.53 bits per heavy atom. The molecule has 0 unspecified atom stereocenters. The van der Waals surface area contributed by atoms with Crippen molar-refractivity contribution in [1.29, 1.82) is 0 Å². The van der Waals surface area contributed by atoms with Crippen LogP contribution in [0.4, 0.5) is 0 Å². The summed E-state index contributed by atoms with van der Waals surface area (Å²) in [5.41, 5.74) is 0.793. The number of amides is 1. The summed E-state index contributed by atoms with van der Waals surface area (Å²) in [4.78, 5) is 13.1. The minimum Gasteiger partial charge on any atom is -0.483 e. The lowest BCUT2D eigenvalue weighted by Crippen LogP contribution is -2.31. The van der Waals surface area contributed by atoms with Crippen molar-refractivity contribution in [2.24, 2.45) is 0 Å². The van der Waals surface area contributed by atoms with Crippen LogP contribution in [0.1, 0.15) is 12.5 Å². The molecule has 1 aromatic rings. The second-order valence-corrected chi connectivity index (χ2v) is 4.47. The van der Waals surface area contributed by atoms with Gasteiger partial charge in [0.25, 0.3) is 5.91 Å². The Morgan fingerprint density at radius 2 is 2.24 bits per heavy atom. The first kappa shape index (κ1) is 14.0. The first-order valence-corrected chi connectivity index (χ1v) is 6.13. The molecule has 5 heteroatoms. The molecular weight excluding hydrogens is 286 g/mol. The molecule has 0 atom stereocenters. The highest BCUT2D eigenvalue weighted by Crippen LogP contribution is 2.26. The maximum Gasteiger partial charge on any atom is 0.260 e. The molecule has 0 aliphatic carbocycles. The van der Waals surface area contributed by atoms with Gasteiger partial charge in [0.1, 0.15) is 5.75 Å². The largest absolute Gasteiger partial charge is 0.483 e. The Kier molecular flexibility index (Phi) is 5.44. The molecule has 0 bridgehead atoms. The molecule has 0 fully saturated rings. The van der Waals surface area contributed by atoms with E-state index in [0.717, 1.165) is 10.0 Å². The van der Waals surface area contributed by atoms with Crippen molar-refractivity contribution in [2.45, 2.75) is 13.5 Å². The van der Waals surface area contributed by atoms with Crippen LogP contribution in [0.2, 0.25) is 0 Å². The Balaban J connectivity index is 2.61. The minimum absolute atomic E-state index is 0.0153. The summed E-state index contributed by atoms with van der Waals surface area (Å²) < 4.78 is 6.13. The van der Waals surface area contributed by atoms with Gasteiger partial charge < -0.3 is 14.7 Å². The van der Waals surface area contributed by atoms with E-state index in [1.807, 2.05) is 6.92 Å². The van der Waals surface area contributed by atoms with E-state index in [-0.39, 0.29) is 19.1 Å². The molecule has 0 saturated heterocycles. The summed E-state index contributed by atoms with van der Waals surface area (Å²) >= 11 is 3.33. The average Bonchev–Trinajstić information content (AvgIpc) is 2.35. The maximum absolute atomic E-state index is 11.5. The number of rotatable bonds is 5. The minimum atomic E-state index is -0.0642. The van der Waals surface area contributed by atoms with E-state index in [0.29, 0.717) is 12.3 Å². The van der Waals surface area contributed by atoms with Crippen LogP contribution in [-0.4, -0.2) is 36.1 Å². The van der Waals surface area contributed by atoms with E-state index in [1.165, 1.54) is 0 Å². The van der Waals surface area contributed by atoms with Gasteiger partial charge in [-0.05, 0) is 40.5 Å². The predicted molar refractivity (Wildman–Crippen MR) is 68.9 cm³/mol. The number of halogens is 1. The van der Waals surface area contributed by atoms with E-state index in [9.17, 15) is 4.79 Å². The van der Waals surface area contributed by atoms with Gasteiger partial charge in [-0.2, -0.15) is 0 Å². The summed E-state index contributed by atoms with van der Waals surface area (Å²) in [6.07, 6.45) is 0. The summed E-state index contributed by atoms with van der Waals surface area (Å²) in [7, 11) is 1.73. The number of hydrogen-bond donors (Lipinski definition) is 1. The van der Waals surface area contributed by atoms with Gasteiger partial charge in [0.2, 0.25) is 0 Å². The summed E-state index contributed by atoms with van der Waals surface area (Å²) in [5, 5.41) is 8.95. The molecule has 0 aliphatic rings. The molecule has 0 aliphatic heterocycles. The monoisotopic (exact) mass is 301 g/mol. The third-order valence-corrected chi connectivity index (χ3v) is 3.05. The molecule has 0 aromatic heterocycles. The predicted octanol–water partition coefficient (Wildman–Crippen LogP) is 1.80. The normalized spacial score (nSPS) is 10.1. The molecule has 1 N–H and O–H groups in total. The SMILES string of the molecule is CCN(C)C(=O)COc1ccc(CO)cc1Br. The van der Waals surface area contributed by atoms with Crippen molar-refractivity contribution in [3.63, 3.8) is 0 Å². The fourth-order valence-corrected chi connectivity index (χ4v) is 1.73. The van der Waals surface area contributed by atoms with E-state index in [2.05, 4.69) is 15.9 Å². The zero-order valence-corrected chi connectivity index (χ0v) is 11.5. The quantitative estimate of drug-likeness (QED) is 0.902. The van der Waals surface area contributed by atoms with Crippen LogP contribution >= 0.6 is 15.9 Å². The summed E-state index contributed by atoms with van der Waals surface area (Å²) in [6.45, 7) is 2.56. The highest BCUT2D eigenvalue weighted by molar-refractivity contribution is 9.10. The van der Waals surface area contributed by atoms with Crippen LogP contribution < -0.4 is 4.74 Å². The van der Waals surface area contributed by atoms with Gasteiger partial charge in [-0.25, -0.2) is 0 Å². The number of aliphatic hydroxyl groups is 1. The number of likely N-dealkylation sites (N-methyl/N-ethyl adjacent to an activating group) is 1. The molecular formula is C12H16BrNO3. The molecule has 1 amide bonds. The third kappa shape index (κ3) is 4.02. The Morgan fingerprint density at radius 3 is 2.76 bits per heavy atom. The van der Waals surface area contributed by atoms with Crippen molar-refractivity contribution in [3.8, 4) is 5.75 Å². The van der Waals surface area contributed by atoms with E-state index in [1.54, 1.807) is 30.1 Å². The molecule has 17 heavy (non-hydrogen) atoms. The zero-order chi connectivity index (χ0) is 12.8. The summed E-state index contributed by atoms with van der Waals surface area (Å²) in [5.74, 6) is 0.533. The van der Waals surface area contributed by atoms with E-state index >= 15 is 0 Å². The molecule has 0 spiro atoms. The van der Waals surface area contributed by atoms with E-state index in [4.69, 9.17) is 9.84 Å². The molecule has 1 aromatic carbocycles. The second-order valence-electron chi connectivity index (χ2n) is 3.62. The molecule has 0 radical (unpaired) electrons. The molecule has 4 nitrogen and oxygen atoms in total. The fourth-order valence-electron chi connectivity index (χ4n) is 1.19. The fraction of sp³-hybridized carbons (Fsp3) is 0.417. The molecule has 94 valence electrons. The Labute approximate surface area is 109 Å². The highest BCUT2D eigenvalue weighted by Gasteiger charge is 2.09. The van der Waals surface area contributed by atoms with Crippen LogP contribution in [0.3, 0.4) is 0 Å². The number of hydrogen-bond acceptors (Lipinski definition) is 3. The van der Waals surface area contributed by atoms with Crippen LogP contribution in [0.5, 0.6) is 5.75 Å². The van der Waals surface area contributed by atoms with Crippen molar-refractivity contribution in [2.75, 3.05) is 20.2 Å². The first-order chi connectivity index (χ1) is 8.08. The number of aliphatic hydroxyl groups excluding tert-OH is 1. The van der Waals surface area contributed by atoms with Crippen molar-refractivity contribution < 1.29 is 14.6 Å². The van der Waals surface area contributed by atoms with Gasteiger partial charge in [0.15, 0.2) is 6.61 Å². The lowest BCUT2D eigenvalue weighted by molar-refractivity contribution is -0.131. The number of carbonyl (C=O) groups is 1. The van der Waals surface area contributed by atoms with Crippen LogP contribution in [0, 0.1) is 0 Å². The smallest absolute Gasteiger partial charge is 0.260 e. The molecule has 0 saturated carbocycles. The van der Waals surface area contributed by atoms with Crippen molar-refractivity contribution in [3.05, 3.63) is 28.2 Å². The lowest BCUT2D eigenvalue weighted by atomic mass is 10.2. The maximum atomic E-state index is 11.5.